The number of aromatic nitrogens is 1. The molecule has 164 valence electrons. The van der Waals surface area contributed by atoms with E-state index in [1.807, 2.05) is 60.0 Å². The molecule has 1 heterocycles. The topological polar surface area (TPSA) is 89.8 Å². The van der Waals surface area contributed by atoms with Crippen molar-refractivity contribution in [3.05, 3.63) is 40.6 Å². The van der Waals surface area contributed by atoms with E-state index < -0.39 is 0 Å². The first-order chi connectivity index (χ1) is 14.2. The number of ketones is 1. The van der Waals surface area contributed by atoms with Crippen LogP contribution in [0.4, 0.5) is 0 Å². The minimum absolute atomic E-state index is 0.0190. The van der Waals surface area contributed by atoms with Gasteiger partial charge in [0.2, 0.25) is 0 Å². The first-order valence-electron chi connectivity index (χ1n) is 10.0. The molecule has 0 aliphatic rings. The number of phenolic OH excluding ortho intramolecular Hbond substituents is 1. The van der Waals surface area contributed by atoms with E-state index in [4.69, 9.17) is 0 Å². The van der Waals surface area contributed by atoms with E-state index in [2.05, 4.69) is 10.8 Å². The van der Waals surface area contributed by atoms with Crippen molar-refractivity contribution < 1.29 is 9.90 Å². The van der Waals surface area contributed by atoms with Gasteiger partial charge in [-0.2, -0.15) is 10.5 Å². The molecule has 0 atom stereocenters. The van der Waals surface area contributed by atoms with Crippen LogP contribution >= 0.6 is 23.5 Å². The molecule has 2 aromatic rings. The maximum absolute atomic E-state index is 13.7. The number of phenols is 1. The predicted molar refractivity (Wildman–Crippen MR) is 127 cm³/mol. The molecule has 0 saturated carbocycles. The second-order valence-electron chi connectivity index (χ2n) is 9.81. The van der Waals surface area contributed by atoms with Crippen molar-refractivity contribution in [3.8, 4) is 16.6 Å². The molecule has 0 aliphatic heterocycles. The Bertz CT molecular complexity index is 1050. The van der Waals surface area contributed by atoms with Crippen LogP contribution in [0.1, 0.15) is 88.5 Å². The Kier molecular flexibility index (Phi) is 7.25. The fourth-order valence-electron chi connectivity index (χ4n) is 3.39. The number of hydrogen-bond acceptors (Lipinski definition) is 6. The lowest BCUT2D eigenvalue weighted by Gasteiger charge is -2.28. The Balaban J connectivity index is 2.82. The largest absolute Gasteiger partial charge is 0.507 e. The maximum Gasteiger partial charge on any atom is 0.195 e. The van der Waals surface area contributed by atoms with E-state index >= 15 is 0 Å². The molecule has 2 rings (SSSR count). The lowest BCUT2D eigenvalue weighted by molar-refractivity contribution is 0.103. The monoisotopic (exact) mass is 455 g/mol. The highest BCUT2D eigenvalue weighted by molar-refractivity contribution is 8.06. The molecule has 1 aromatic carbocycles. The average molecular weight is 456 g/mol. The summed E-state index contributed by atoms with van der Waals surface area (Å²) >= 11 is 1.85. The van der Waals surface area contributed by atoms with Crippen LogP contribution in [0, 0.1) is 21.3 Å². The van der Waals surface area contributed by atoms with E-state index in [9.17, 15) is 20.4 Å². The Morgan fingerprint density at radius 2 is 1.48 bits per heavy atom. The van der Waals surface area contributed by atoms with E-state index in [1.165, 1.54) is 0 Å². The summed E-state index contributed by atoms with van der Waals surface area (Å²) in [6.07, 6.45) is 1.73. The van der Waals surface area contributed by atoms with E-state index in [0.29, 0.717) is 32.2 Å². The molecule has 0 fully saturated rings. The number of thioether (sulfide) groups is 2. The fraction of sp³-hybridized carbons (Fsp3) is 0.458. The summed E-state index contributed by atoms with van der Waals surface area (Å²) in [5.74, 6) is -0.0170. The van der Waals surface area contributed by atoms with E-state index in [1.54, 1.807) is 18.3 Å². The Morgan fingerprint density at radius 3 is 1.87 bits per heavy atom. The van der Waals surface area contributed by atoms with Crippen molar-refractivity contribution in [1.29, 1.82) is 10.5 Å². The molecule has 1 N–H and O–H groups in total. The van der Waals surface area contributed by atoms with Gasteiger partial charge in [0.25, 0.3) is 0 Å². The molecule has 0 unspecified atom stereocenters. The molecule has 0 amide bonds. The second-order valence-corrected chi connectivity index (χ2v) is 11.4. The minimum Gasteiger partial charge on any atom is -0.507 e. The third kappa shape index (κ3) is 5.11. The lowest BCUT2D eigenvalue weighted by atomic mass is 9.78. The van der Waals surface area contributed by atoms with Crippen molar-refractivity contribution in [1.82, 2.24) is 4.57 Å². The van der Waals surface area contributed by atoms with Gasteiger partial charge in [-0.25, -0.2) is 0 Å². The summed E-state index contributed by atoms with van der Waals surface area (Å²) in [5, 5.41) is 34.3. The molecule has 31 heavy (non-hydrogen) atoms. The van der Waals surface area contributed by atoms with Gasteiger partial charge in [0.05, 0.1) is 10.5 Å². The first-order valence-corrected chi connectivity index (χ1v) is 11.7. The van der Waals surface area contributed by atoms with Crippen molar-refractivity contribution in [2.75, 3.05) is 0 Å². The Hall–Kier alpha value is -2.35. The molecule has 0 aliphatic carbocycles. The normalized spacial score (nSPS) is 12.0. The van der Waals surface area contributed by atoms with Crippen molar-refractivity contribution in [3.63, 3.8) is 0 Å². The Labute approximate surface area is 193 Å². The molecule has 7 heteroatoms. The van der Waals surface area contributed by atoms with Crippen LogP contribution in [0.5, 0.6) is 5.75 Å². The smallest absolute Gasteiger partial charge is 0.195 e. The predicted octanol–water partition coefficient (Wildman–Crippen LogP) is 6.75. The zero-order valence-electron chi connectivity index (χ0n) is 19.3. The quantitative estimate of drug-likeness (QED) is 0.305. The van der Waals surface area contributed by atoms with Crippen LogP contribution in [0.15, 0.2) is 28.3 Å². The summed E-state index contributed by atoms with van der Waals surface area (Å²) in [7, 11) is 0. The number of rotatable bonds is 5. The summed E-state index contributed by atoms with van der Waals surface area (Å²) in [6.45, 7) is 15.9. The van der Waals surface area contributed by atoms with E-state index in [0.717, 1.165) is 23.5 Å². The number of nitrogens with zero attached hydrogens (tertiary/aromatic N) is 3. The van der Waals surface area contributed by atoms with Gasteiger partial charge >= 0.3 is 0 Å². The summed E-state index contributed by atoms with van der Waals surface area (Å²) in [5.41, 5.74) is 1.53. The second kappa shape index (κ2) is 9.02. The lowest BCUT2D eigenvalue weighted by Crippen LogP contribution is -2.19. The summed E-state index contributed by atoms with van der Waals surface area (Å²) in [4.78, 5) is 14.2. The van der Waals surface area contributed by atoms with Crippen LogP contribution in [0.2, 0.25) is 0 Å². The highest BCUT2D eigenvalue weighted by Gasteiger charge is 2.30. The summed E-state index contributed by atoms with van der Waals surface area (Å²) < 4.78 is 1.86. The summed E-state index contributed by atoms with van der Waals surface area (Å²) in [6, 6.07) is 3.51. The maximum atomic E-state index is 13.7. The van der Waals surface area contributed by atoms with Gasteiger partial charge in [0, 0.05) is 40.7 Å². The van der Waals surface area contributed by atoms with Crippen molar-refractivity contribution >= 4 is 29.3 Å². The molecule has 0 saturated heterocycles. The van der Waals surface area contributed by atoms with Gasteiger partial charge in [-0.05, 0) is 48.6 Å². The van der Waals surface area contributed by atoms with Crippen LogP contribution in [-0.4, -0.2) is 15.5 Å². The van der Waals surface area contributed by atoms with Gasteiger partial charge in [-0.15, -0.1) is 0 Å². The molecular weight excluding hydrogens is 426 g/mol. The zero-order valence-corrected chi connectivity index (χ0v) is 21.0. The third-order valence-electron chi connectivity index (χ3n) is 5.02. The zero-order chi connectivity index (χ0) is 23.7. The molecular formula is C24H29N3O2S2. The van der Waals surface area contributed by atoms with Crippen LogP contribution in [0.3, 0.4) is 0 Å². The average Bonchev–Trinajstić information content (AvgIpc) is 2.99. The minimum atomic E-state index is -0.365. The highest BCUT2D eigenvalue weighted by Crippen LogP contribution is 2.42. The number of carbonyl (C=O) groups is 1. The van der Waals surface area contributed by atoms with Gasteiger partial charge < -0.3 is 9.67 Å². The fourth-order valence-corrected chi connectivity index (χ4v) is 4.83. The molecule has 1 aromatic heterocycles. The number of nitriles is 2. The SMILES string of the molecule is CC(C)n1cc(C(=O)c2cc(C(C)(C)C)c(O)c(C(C)(C)C)c2)c(SC#N)c1SC#N. The number of thiocyanates is 2. The standard InChI is InChI=1S/C24H29N3O2S2/c1-14(2)27-11-16(21(30-12-25)22(27)31-13-26)19(28)15-9-17(23(3,4)5)20(29)18(10-15)24(6,7)8/h9-11,14,29H,1-8H3. The third-order valence-corrected chi connectivity index (χ3v) is 6.56. The highest BCUT2D eigenvalue weighted by atomic mass is 32.2. The number of aromatic hydroxyl groups is 1. The van der Waals surface area contributed by atoms with Gasteiger partial charge in [0.1, 0.15) is 21.6 Å². The molecule has 0 spiro atoms. The van der Waals surface area contributed by atoms with Gasteiger partial charge in [-0.1, -0.05) is 41.5 Å². The van der Waals surface area contributed by atoms with Gasteiger partial charge in [-0.3, -0.25) is 4.79 Å². The van der Waals surface area contributed by atoms with E-state index in [-0.39, 0.29) is 28.4 Å². The molecule has 5 nitrogen and oxygen atoms in total. The van der Waals surface area contributed by atoms with Gasteiger partial charge in [0.15, 0.2) is 5.78 Å². The first kappa shape index (κ1) is 24.9. The van der Waals surface area contributed by atoms with Crippen molar-refractivity contribution in [2.24, 2.45) is 0 Å². The number of benzene rings is 1. The van der Waals surface area contributed by atoms with Crippen LogP contribution in [-0.2, 0) is 10.8 Å². The number of carbonyl (C=O) groups excluding carboxylic acids is 1. The number of hydrogen-bond donors (Lipinski definition) is 1. The molecule has 0 bridgehead atoms. The molecule has 0 radical (unpaired) electrons. The Morgan fingerprint density at radius 1 is 1.00 bits per heavy atom. The van der Waals surface area contributed by atoms with Crippen LogP contribution in [0.25, 0.3) is 0 Å². The van der Waals surface area contributed by atoms with Crippen molar-refractivity contribution in [2.45, 2.75) is 82.2 Å². The van der Waals surface area contributed by atoms with Crippen LogP contribution < -0.4 is 0 Å².